The Kier molecular flexibility index (Phi) is 2.33. The smallest absolute Gasteiger partial charge is 0.0763 e. The molecule has 1 aromatic carbocycles. The number of nitrogens with zero attached hydrogens (tertiary/aromatic N) is 1. The Morgan fingerprint density at radius 2 is 2.21 bits per heavy atom. The van der Waals surface area contributed by atoms with Gasteiger partial charge in [0.1, 0.15) is 0 Å². The standard InChI is InChI=1S/C12H10N2/c1-2-7-13-11-8-10-5-3-4-6-12(10)14-9-11/h1,3-6,8-9,13H,7H2. The number of benzene rings is 1. The van der Waals surface area contributed by atoms with Gasteiger partial charge in [-0.15, -0.1) is 6.42 Å². The van der Waals surface area contributed by atoms with Crippen LogP contribution in [0, 0.1) is 12.3 Å². The van der Waals surface area contributed by atoms with Crippen LogP contribution >= 0.6 is 0 Å². The topological polar surface area (TPSA) is 24.9 Å². The summed E-state index contributed by atoms with van der Waals surface area (Å²) in [5.41, 5.74) is 1.96. The van der Waals surface area contributed by atoms with Crippen molar-refractivity contribution >= 4 is 16.6 Å². The van der Waals surface area contributed by atoms with Crippen molar-refractivity contribution in [2.24, 2.45) is 0 Å². The number of hydrogen-bond acceptors (Lipinski definition) is 2. The Hall–Kier alpha value is -2.01. The number of nitrogens with one attached hydrogen (secondary N) is 1. The molecule has 1 N–H and O–H groups in total. The van der Waals surface area contributed by atoms with Crippen molar-refractivity contribution in [3.8, 4) is 12.3 Å². The summed E-state index contributed by atoms with van der Waals surface area (Å²) in [7, 11) is 0. The number of terminal acetylenes is 1. The molecule has 1 heterocycles. The monoisotopic (exact) mass is 182 g/mol. The van der Waals surface area contributed by atoms with E-state index in [0.29, 0.717) is 6.54 Å². The first-order valence-electron chi connectivity index (χ1n) is 4.42. The Morgan fingerprint density at radius 3 is 3.07 bits per heavy atom. The summed E-state index contributed by atoms with van der Waals surface area (Å²) in [6.07, 6.45) is 6.95. The van der Waals surface area contributed by atoms with Crippen molar-refractivity contribution in [1.29, 1.82) is 0 Å². The van der Waals surface area contributed by atoms with Crippen molar-refractivity contribution in [3.63, 3.8) is 0 Å². The fraction of sp³-hybridized carbons (Fsp3) is 0.0833. The third-order valence-corrected chi connectivity index (χ3v) is 1.99. The Bertz CT molecular complexity index is 483. The zero-order valence-corrected chi connectivity index (χ0v) is 7.70. The van der Waals surface area contributed by atoms with Crippen LogP contribution in [-0.2, 0) is 0 Å². The van der Waals surface area contributed by atoms with E-state index in [1.807, 2.05) is 30.3 Å². The van der Waals surface area contributed by atoms with Gasteiger partial charge in [0.25, 0.3) is 0 Å². The number of para-hydroxylation sites is 1. The lowest BCUT2D eigenvalue weighted by Gasteiger charge is -2.02. The highest BCUT2D eigenvalue weighted by atomic mass is 14.9. The van der Waals surface area contributed by atoms with Gasteiger partial charge in [-0.25, -0.2) is 0 Å². The van der Waals surface area contributed by atoms with Crippen LogP contribution in [0.5, 0.6) is 0 Å². The molecule has 0 atom stereocenters. The minimum Gasteiger partial charge on any atom is -0.373 e. The second-order valence-electron chi connectivity index (χ2n) is 2.97. The highest BCUT2D eigenvalue weighted by molar-refractivity contribution is 5.81. The number of fused-ring (bicyclic) bond motifs is 1. The molecule has 0 bridgehead atoms. The van der Waals surface area contributed by atoms with Gasteiger partial charge in [0.2, 0.25) is 0 Å². The molecule has 0 amide bonds. The van der Waals surface area contributed by atoms with E-state index < -0.39 is 0 Å². The van der Waals surface area contributed by atoms with Crippen LogP contribution in [0.2, 0.25) is 0 Å². The lowest BCUT2D eigenvalue weighted by atomic mass is 10.2. The van der Waals surface area contributed by atoms with Gasteiger partial charge in [-0.3, -0.25) is 4.98 Å². The van der Waals surface area contributed by atoms with Gasteiger partial charge in [0, 0.05) is 5.39 Å². The SMILES string of the molecule is C#CCNc1cnc2ccccc2c1. The molecule has 0 saturated heterocycles. The largest absolute Gasteiger partial charge is 0.373 e. The molecule has 14 heavy (non-hydrogen) atoms. The molecular weight excluding hydrogens is 172 g/mol. The lowest BCUT2D eigenvalue weighted by molar-refractivity contribution is 1.33. The van der Waals surface area contributed by atoms with Crippen molar-refractivity contribution in [1.82, 2.24) is 4.98 Å². The van der Waals surface area contributed by atoms with Crippen molar-refractivity contribution in [2.45, 2.75) is 0 Å². The average molecular weight is 182 g/mol. The number of hydrogen-bond donors (Lipinski definition) is 1. The van der Waals surface area contributed by atoms with Gasteiger partial charge in [-0.2, -0.15) is 0 Å². The van der Waals surface area contributed by atoms with Crippen LogP contribution in [-0.4, -0.2) is 11.5 Å². The van der Waals surface area contributed by atoms with E-state index in [9.17, 15) is 0 Å². The molecular formula is C12H10N2. The number of pyridine rings is 1. The summed E-state index contributed by atoms with van der Waals surface area (Å²) in [5.74, 6) is 2.53. The zero-order valence-electron chi connectivity index (χ0n) is 7.70. The maximum Gasteiger partial charge on any atom is 0.0763 e. The fourth-order valence-corrected chi connectivity index (χ4v) is 1.32. The van der Waals surface area contributed by atoms with Crippen LogP contribution in [0.3, 0.4) is 0 Å². The number of aromatic nitrogens is 1. The van der Waals surface area contributed by atoms with E-state index in [0.717, 1.165) is 16.6 Å². The van der Waals surface area contributed by atoms with Gasteiger partial charge in [0.05, 0.1) is 23.9 Å². The Balaban J connectivity index is 2.37. The molecule has 2 rings (SSSR count). The molecule has 0 aliphatic rings. The van der Waals surface area contributed by atoms with E-state index in [4.69, 9.17) is 6.42 Å². The average Bonchev–Trinajstić information content (AvgIpc) is 2.26. The van der Waals surface area contributed by atoms with Crippen molar-refractivity contribution in [2.75, 3.05) is 11.9 Å². The first kappa shape index (κ1) is 8.58. The van der Waals surface area contributed by atoms with E-state index in [2.05, 4.69) is 16.2 Å². The second kappa shape index (κ2) is 3.80. The molecule has 0 radical (unpaired) electrons. The summed E-state index contributed by atoms with van der Waals surface area (Å²) in [6.45, 7) is 0.528. The Morgan fingerprint density at radius 1 is 1.36 bits per heavy atom. The molecule has 1 aromatic heterocycles. The molecule has 2 nitrogen and oxygen atoms in total. The lowest BCUT2D eigenvalue weighted by Crippen LogP contribution is -1.98. The molecule has 0 saturated carbocycles. The predicted molar refractivity (Wildman–Crippen MR) is 59.1 cm³/mol. The molecule has 0 unspecified atom stereocenters. The molecule has 0 spiro atoms. The molecule has 2 aromatic rings. The maximum absolute atomic E-state index is 5.16. The van der Waals surface area contributed by atoms with Crippen LogP contribution in [0.25, 0.3) is 10.9 Å². The van der Waals surface area contributed by atoms with E-state index in [-0.39, 0.29) is 0 Å². The van der Waals surface area contributed by atoms with E-state index >= 15 is 0 Å². The summed E-state index contributed by atoms with van der Waals surface area (Å²) < 4.78 is 0. The van der Waals surface area contributed by atoms with Gasteiger partial charge in [-0.05, 0) is 12.1 Å². The molecule has 68 valence electrons. The maximum atomic E-state index is 5.16. The predicted octanol–water partition coefficient (Wildman–Crippen LogP) is 2.28. The van der Waals surface area contributed by atoms with Gasteiger partial charge in [-0.1, -0.05) is 24.1 Å². The molecule has 0 aliphatic carbocycles. The number of rotatable bonds is 2. The summed E-state index contributed by atoms with van der Waals surface area (Å²) >= 11 is 0. The van der Waals surface area contributed by atoms with E-state index in [1.54, 1.807) is 6.20 Å². The van der Waals surface area contributed by atoms with E-state index in [1.165, 1.54) is 0 Å². The minimum absolute atomic E-state index is 0.528. The quantitative estimate of drug-likeness (QED) is 0.721. The van der Waals surface area contributed by atoms with Crippen LogP contribution in [0.15, 0.2) is 36.5 Å². The molecule has 0 aliphatic heterocycles. The highest BCUT2D eigenvalue weighted by Crippen LogP contribution is 2.15. The van der Waals surface area contributed by atoms with Crippen molar-refractivity contribution < 1.29 is 0 Å². The summed E-state index contributed by atoms with van der Waals surface area (Å²) in [4.78, 5) is 4.30. The highest BCUT2D eigenvalue weighted by Gasteiger charge is 1.94. The second-order valence-corrected chi connectivity index (χ2v) is 2.97. The van der Waals surface area contributed by atoms with Crippen LogP contribution in [0.1, 0.15) is 0 Å². The first-order chi connectivity index (χ1) is 6.90. The normalized spacial score (nSPS) is 9.64. The van der Waals surface area contributed by atoms with Crippen molar-refractivity contribution in [3.05, 3.63) is 36.5 Å². The summed E-state index contributed by atoms with van der Waals surface area (Å²) in [6, 6.07) is 10.0. The summed E-state index contributed by atoms with van der Waals surface area (Å²) in [5, 5.41) is 4.21. The third kappa shape index (κ3) is 1.67. The van der Waals surface area contributed by atoms with Gasteiger partial charge >= 0.3 is 0 Å². The fourth-order valence-electron chi connectivity index (χ4n) is 1.32. The molecule has 0 fully saturated rings. The van der Waals surface area contributed by atoms with Gasteiger partial charge < -0.3 is 5.32 Å². The molecule has 2 heteroatoms. The zero-order chi connectivity index (χ0) is 9.80. The first-order valence-corrected chi connectivity index (χ1v) is 4.42. The number of anilines is 1. The third-order valence-electron chi connectivity index (χ3n) is 1.99. The van der Waals surface area contributed by atoms with Gasteiger partial charge in [0.15, 0.2) is 0 Å². The van der Waals surface area contributed by atoms with Crippen LogP contribution < -0.4 is 5.32 Å². The minimum atomic E-state index is 0.528. The van der Waals surface area contributed by atoms with Crippen LogP contribution in [0.4, 0.5) is 5.69 Å². The Labute approximate surface area is 83.0 Å².